The van der Waals surface area contributed by atoms with E-state index in [-0.39, 0.29) is 34.8 Å². The van der Waals surface area contributed by atoms with Gasteiger partial charge >= 0.3 is 0 Å². The van der Waals surface area contributed by atoms with E-state index in [1.807, 2.05) is 13.8 Å². The van der Waals surface area contributed by atoms with Crippen LogP contribution in [0.25, 0.3) is 0 Å². The molecule has 1 aliphatic carbocycles. The number of allylic oxidation sites excluding steroid dienone is 2. The van der Waals surface area contributed by atoms with E-state index in [9.17, 15) is 14.0 Å². The van der Waals surface area contributed by atoms with Crippen LogP contribution in [-0.2, 0) is 9.59 Å². The lowest BCUT2D eigenvalue weighted by Gasteiger charge is -2.24. The standard InChI is InChI=1S/C20H25FN2O2S/c1-12(2)9-13-17(20(13,3)4)19(25)23-11-26-10-16(23)18(24)22-15-8-6-5-7-14(15)21/h5-9,13,16-17H,10-11H2,1-4H3,(H,22,24). The predicted molar refractivity (Wildman–Crippen MR) is 103 cm³/mol. The van der Waals surface area contributed by atoms with E-state index in [1.54, 1.807) is 28.8 Å². The second-order valence-corrected chi connectivity index (χ2v) is 8.86. The van der Waals surface area contributed by atoms with Gasteiger partial charge in [-0.2, -0.15) is 0 Å². The van der Waals surface area contributed by atoms with Crippen molar-refractivity contribution >= 4 is 29.3 Å². The SMILES string of the molecule is CC(C)=CC1C(C(=O)N2CSCC2C(=O)Nc2ccccc2F)C1(C)C. The second-order valence-electron chi connectivity index (χ2n) is 7.86. The molecule has 1 aromatic rings. The Kier molecular flexibility index (Phi) is 5.15. The van der Waals surface area contributed by atoms with Gasteiger partial charge in [-0.25, -0.2) is 4.39 Å². The molecule has 0 bridgehead atoms. The van der Waals surface area contributed by atoms with Crippen molar-refractivity contribution in [3.8, 4) is 0 Å². The smallest absolute Gasteiger partial charge is 0.248 e. The number of nitrogens with zero attached hydrogens (tertiary/aromatic N) is 1. The van der Waals surface area contributed by atoms with Crippen LogP contribution in [0.2, 0.25) is 0 Å². The molecule has 0 radical (unpaired) electrons. The third-order valence-corrected chi connectivity index (χ3v) is 6.30. The molecule has 1 heterocycles. The van der Waals surface area contributed by atoms with Gasteiger partial charge in [0.2, 0.25) is 11.8 Å². The Hall–Kier alpha value is -1.82. The largest absolute Gasteiger partial charge is 0.322 e. The fourth-order valence-corrected chi connectivity index (χ4v) is 4.82. The zero-order chi connectivity index (χ0) is 19.1. The number of hydrogen-bond donors (Lipinski definition) is 1. The van der Waals surface area contributed by atoms with E-state index in [2.05, 4.69) is 25.2 Å². The van der Waals surface area contributed by atoms with Gasteiger partial charge in [-0.1, -0.05) is 37.6 Å². The Balaban J connectivity index is 1.72. The number of nitrogens with one attached hydrogen (secondary N) is 1. The van der Waals surface area contributed by atoms with Gasteiger partial charge in [0.05, 0.1) is 17.5 Å². The maximum atomic E-state index is 13.8. The number of rotatable bonds is 4. The van der Waals surface area contributed by atoms with Crippen LogP contribution in [0.1, 0.15) is 27.7 Å². The number of hydrogen-bond acceptors (Lipinski definition) is 3. The van der Waals surface area contributed by atoms with Crippen molar-refractivity contribution < 1.29 is 14.0 Å². The van der Waals surface area contributed by atoms with Gasteiger partial charge in [-0.15, -0.1) is 11.8 Å². The highest BCUT2D eigenvalue weighted by Crippen LogP contribution is 2.60. The number of carbonyl (C=O) groups excluding carboxylic acids is 2. The summed E-state index contributed by atoms with van der Waals surface area (Å²) in [7, 11) is 0. The Morgan fingerprint density at radius 3 is 2.65 bits per heavy atom. The number of carbonyl (C=O) groups is 2. The summed E-state index contributed by atoms with van der Waals surface area (Å²) in [6.07, 6.45) is 2.15. The Bertz CT molecular complexity index is 758. The molecule has 26 heavy (non-hydrogen) atoms. The summed E-state index contributed by atoms with van der Waals surface area (Å²) in [4.78, 5) is 27.4. The third-order valence-electron chi connectivity index (χ3n) is 5.29. The molecule has 2 aliphatic rings. The highest BCUT2D eigenvalue weighted by molar-refractivity contribution is 7.99. The molecule has 2 amide bonds. The van der Waals surface area contributed by atoms with Crippen LogP contribution in [0.4, 0.5) is 10.1 Å². The van der Waals surface area contributed by atoms with Crippen LogP contribution in [0, 0.1) is 23.1 Å². The molecule has 1 saturated carbocycles. The van der Waals surface area contributed by atoms with Gasteiger partial charge in [-0.3, -0.25) is 9.59 Å². The summed E-state index contributed by atoms with van der Waals surface area (Å²) >= 11 is 1.56. The van der Waals surface area contributed by atoms with Crippen molar-refractivity contribution in [2.45, 2.75) is 33.7 Å². The van der Waals surface area contributed by atoms with Gasteiger partial charge in [0.1, 0.15) is 11.9 Å². The first kappa shape index (κ1) is 19.0. The topological polar surface area (TPSA) is 49.4 Å². The first-order valence-corrected chi connectivity index (χ1v) is 9.97. The lowest BCUT2D eigenvalue weighted by molar-refractivity contribution is -0.138. The molecule has 0 spiro atoms. The van der Waals surface area contributed by atoms with Gasteiger partial charge < -0.3 is 10.2 Å². The lowest BCUT2D eigenvalue weighted by atomic mass is 10.1. The number of thioether (sulfide) groups is 1. The number of benzene rings is 1. The van der Waals surface area contributed by atoms with Crippen molar-refractivity contribution in [2.24, 2.45) is 17.3 Å². The number of halogens is 1. The molecule has 3 atom stereocenters. The minimum absolute atomic E-state index is 0.0242. The molecule has 2 fully saturated rings. The van der Waals surface area contributed by atoms with Crippen molar-refractivity contribution in [3.05, 3.63) is 41.7 Å². The van der Waals surface area contributed by atoms with E-state index >= 15 is 0 Å². The van der Waals surface area contributed by atoms with Crippen molar-refractivity contribution in [1.82, 2.24) is 4.90 Å². The average molecular weight is 376 g/mol. The summed E-state index contributed by atoms with van der Waals surface area (Å²) in [6.45, 7) is 8.26. The number of para-hydroxylation sites is 1. The zero-order valence-corrected chi connectivity index (χ0v) is 16.4. The first-order valence-electron chi connectivity index (χ1n) is 8.82. The van der Waals surface area contributed by atoms with Crippen molar-refractivity contribution in [1.29, 1.82) is 0 Å². The number of anilines is 1. The molecular formula is C20H25FN2O2S. The maximum absolute atomic E-state index is 13.8. The van der Waals surface area contributed by atoms with Crippen molar-refractivity contribution in [2.75, 3.05) is 16.9 Å². The second kappa shape index (κ2) is 7.06. The number of amides is 2. The quantitative estimate of drug-likeness (QED) is 0.811. The van der Waals surface area contributed by atoms with Crippen LogP contribution >= 0.6 is 11.8 Å². The average Bonchev–Trinajstić information content (AvgIpc) is 2.93. The van der Waals surface area contributed by atoms with Gasteiger partial charge in [0.15, 0.2) is 0 Å². The first-order chi connectivity index (χ1) is 12.2. The summed E-state index contributed by atoms with van der Waals surface area (Å²) in [6, 6.07) is 5.51. The van der Waals surface area contributed by atoms with E-state index in [4.69, 9.17) is 0 Å². The van der Waals surface area contributed by atoms with E-state index in [0.29, 0.717) is 11.6 Å². The van der Waals surface area contributed by atoms with Crippen LogP contribution in [0.15, 0.2) is 35.9 Å². The van der Waals surface area contributed by atoms with E-state index < -0.39 is 11.9 Å². The van der Waals surface area contributed by atoms with Crippen LogP contribution in [0.3, 0.4) is 0 Å². The molecular weight excluding hydrogens is 351 g/mol. The highest BCUT2D eigenvalue weighted by Gasteiger charge is 2.62. The highest BCUT2D eigenvalue weighted by atomic mass is 32.2. The molecule has 3 rings (SSSR count). The predicted octanol–water partition coefficient (Wildman–Crippen LogP) is 3.90. The van der Waals surface area contributed by atoms with E-state index in [1.165, 1.54) is 17.7 Å². The van der Waals surface area contributed by atoms with Crippen LogP contribution in [-0.4, -0.2) is 34.4 Å². The molecule has 4 nitrogen and oxygen atoms in total. The minimum Gasteiger partial charge on any atom is -0.322 e. The zero-order valence-electron chi connectivity index (χ0n) is 15.6. The van der Waals surface area contributed by atoms with Crippen LogP contribution in [0.5, 0.6) is 0 Å². The monoisotopic (exact) mass is 376 g/mol. The Labute approximate surface area is 158 Å². The minimum atomic E-state index is -0.559. The third kappa shape index (κ3) is 3.52. The fraction of sp³-hybridized carbons (Fsp3) is 0.500. The fourth-order valence-electron chi connectivity index (χ4n) is 3.65. The molecule has 1 aromatic carbocycles. The van der Waals surface area contributed by atoms with Gasteiger partial charge in [0.25, 0.3) is 0 Å². The molecule has 1 aliphatic heterocycles. The molecule has 0 aromatic heterocycles. The molecule has 6 heteroatoms. The van der Waals surface area contributed by atoms with Crippen LogP contribution < -0.4 is 5.32 Å². The molecule has 1 saturated heterocycles. The summed E-state index contributed by atoms with van der Waals surface area (Å²) in [5, 5.41) is 2.63. The molecule has 140 valence electrons. The Morgan fingerprint density at radius 2 is 2.00 bits per heavy atom. The molecule has 1 N–H and O–H groups in total. The summed E-state index contributed by atoms with van der Waals surface area (Å²) in [5.74, 6) is 0.369. The normalized spacial score (nSPS) is 26.3. The molecule has 3 unspecified atom stereocenters. The summed E-state index contributed by atoms with van der Waals surface area (Å²) in [5.41, 5.74) is 1.26. The van der Waals surface area contributed by atoms with E-state index in [0.717, 1.165) is 0 Å². The van der Waals surface area contributed by atoms with Gasteiger partial charge in [-0.05, 0) is 37.3 Å². The Morgan fingerprint density at radius 1 is 1.31 bits per heavy atom. The van der Waals surface area contributed by atoms with Crippen molar-refractivity contribution in [3.63, 3.8) is 0 Å². The van der Waals surface area contributed by atoms with Gasteiger partial charge in [0, 0.05) is 5.75 Å². The lowest BCUT2D eigenvalue weighted by Crippen LogP contribution is -2.45. The maximum Gasteiger partial charge on any atom is 0.248 e. The summed E-state index contributed by atoms with van der Waals surface area (Å²) < 4.78 is 13.8.